The van der Waals surface area contributed by atoms with Gasteiger partial charge < -0.3 is 5.32 Å². The number of nitrogens with one attached hydrogen (secondary N) is 1. The van der Waals surface area contributed by atoms with E-state index in [0.29, 0.717) is 17.1 Å². The van der Waals surface area contributed by atoms with E-state index in [1.807, 2.05) is 19.1 Å². The van der Waals surface area contributed by atoms with Gasteiger partial charge in [0.25, 0.3) is 5.91 Å². The molecule has 1 aromatic carbocycles. The highest BCUT2D eigenvalue weighted by atomic mass is 35.5. The van der Waals surface area contributed by atoms with E-state index < -0.39 is 0 Å². The molecule has 3 aromatic rings. The maximum Gasteiger partial charge on any atom is 0.254 e. The third-order valence-electron chi connectivity index (χ3n) is 3.01. The molecule has 0 aliphatic heterocycles. The van der Waals surface area contributed by atoms with E-state index >= 15 is 0 Å². The van der Waals surface area contributed by atoms with Gasteiger partial charge in [-0.3, -0.25) is 4.79 Å². The van der Waals surface area contributed by atoms with Crippen LogP contribution in [0.5, 0.6) is 0 Å². The molecule has 0 saturated carbocycles. The van der Waals surface area contributed by atoms with Crippen LogP contribution < -0.4 is 5.32 Å². The number of benzene rings is 1. The lowest BCUT2D eigenvalue weighted by atomic mass is 10.3. The third kappa shape index (κ3) is 3.35. The Labute approximate surface area is 136 Å². The molecule has 3 rings (SSSR count). The van der Waals surface area contributed by atoms with Gasteiger partial charge in [-0.1, -0.05) is 17.7 Å². The second-order valence-electron chi connectivity index (χ2n) is 4.68. The molecule has 2 aromatic heterocycles. The zero-order valence-corrected chi connectivity index (χ0v) is 13.4. The maximum atomic E-state index is 12.1. The fourth-order valence-corrected chi connectivity index (χ4v) is 2.88. The predicted octanol–water partition coefficient (Wildman–Crippen LogP) is 3.22. The van der Waals surface area contributed by atoms with E-state index in [2.05, 4.69) is 15.4 Å². The van der Waals surface area contributed by atoms with Crippen molar-refractivity contribution in [3.8, 4) is 5.69 Å². The zero-order chi connectivity index (χ0) is 15.5. The van der Waals surface area contributed by atoms with Crippen LogP contribution in [-0.2, 0) is 6.54 Å². The molecular formula is C15H13ClN4OS. The molecule has 1 amide bonds. The van der Waals surface area contributed by atoms with Gasteiger partial charge in [0, 0.05) is 22.3 Å². The van der Waals surface area contributed by atoms with Crippen molar-refractivity contribution in [1.29, 1.82) is 0 Å². The normalized spacial score (nSPS) is 10.6. The molecule has 22 heavy (non-hydrogen) atoms. The van der Waals surface area contributed by atoms with Crippen LogP contribution in [-0.4, -0.2) is 20.7 Å². The van der Waals surface area contributed by atoms with E-state index in [1.165, 1.54) is 6.20 Å². The van der Waals surface area contributed by atoms with Gasteiger partial charge in [-0.25, -0.2) is 9.67 Å². The number of aryl methyl sites for hydroxylation is 1. The summed E-state index contributed by atoms with van der Waals surface area (Å²) in [6.07, 6.45) is 4.99. The van der Waals surface area contributed by atoms with Crippen LogP contribution in [0.3, 0.4) is 0 Å². The molecule has 0 spiro atoms. The van der Waals surface area contributed by atoms with Gasteiger partial charge in [-0.2, -0.15) is 5.10 Å². The molecule has 5 nitrogen and oxygen atoms in total. The second-order valence-corrected chi connectivity index (χ2v) is 6.44. The number of rotatable bonds is 4. The van der Waals surface area contributed by atoms with Gasteiger partial charge in [0.2, 0.25) is 0 Å². The van der Waals surface area contributed by atoms with E-state index in [9.17, 15) is 4.79 Å². The Morgan fingerprint density at radius 2 is 2.27 bits per heavy atom. The summed E-state index contributed by atoms with van der Waals surface area (Å²) in [5.74, 6) is -0.167. The highest BCUT2D eigenvalue weighted by molar-refractivity contribution is 7.11. The zero-order valence-electron chi connectivity index (χ0n) is 11.8. The Balaban J connectivity index is 1.69. The Kier molecular flexibility index (Phi) is 4.22. The molecule has 112 valence electrons. The average molecular weight is 333 g/mol. The summed E-state index contributed by atoms with van der Waals surface area (Å²) in [6.45, 7) is 2.40. The second kappa shape index (κ2) is 6.29. The highest BCUT2D eigenvalue weighted by Crippen LogP contribution is 2.15. The molecule has 0 saturated heterocycles. The van der Waals surface area contributed by atoms with Crippen molar-refractivity contribution in [2.24, 2.45) is 0 Å². The van der Waals surface area contributed by atoms with Gasteiger partial charge in [-0.15, -0.1) is 11.3 Å². The first-order valence-corrected chi connectivity index (χ1v) is 7.81. The van der Waals surface area contributed by atoms with E-state index in [1.54, 1.807) is 40.5 Å². The molecule has 0 bridgehead atoms. The molecule has 1 N–H and O–H groups in total. The fourth-order valence-electron chi connectivity index (χ4n) is 1.96. The van der Waals surface area contributed by atoms with Gasteiger partial charge >= 0.3 is 0 Å². The topological polar surface area (TPSA) is 59.8 Å². The monoisotopic (exact) mass is 332 g/mol. The van der Waals surface area contributed by atoms with Crippen molar-refractivity contribution in [3.63, 3.8) is 0 Å². The average Bonchev–Trinajstić information content (AvgIpc) is 3.14. The van der Waals surface area contributed by atoms with E-state index in [0.717, 1.165) is 15.6 Å². The summed E-state index contributed by atoms with van der Waals surface area (Å²) in [5.41, 5.74) is 1.31. The van der Waals surface area contributed by atoms with Crippen molar-refractivity contribution in [1.82, 2.24) is 20.1 Å². The Morgan fingerprint density at radius 1 is 1.41 bits per heavy atom. The van der Waals surface area contributed by atoms with E-state index in [-0.39, 0.29) is 5.91 Å². The van der Waals surface area contributed by atoms with Crippen LogP contribution in [0.1, 0.15) is 20.2 Å². The first-order valence-electron chi connectivity index (χ1n) is 6.62. The van der Waals surface area contributed by atoms with Crippen molar-refractivity contribution in [3.05, 3.63) is 63.3 Å². The van der Waals surface area contributed by atoms with Crippen LogP contribution >= 0.6 is 22.9 Å². The number of carbonyl (C=O) groups excluding carboxylic acids is 1. The Morgan fingerprint density at radius 3 is 3.00 bits per heavy atom. The van der Waals surface area contributed by atoms with Crippen LogP contribution in [0.15, 0.2) is 42.9 Å². The fraction of sp³-hybridized carbons (Fsp3) is 0.133. The summed E-state index contributed by atoms with van der Waals surface area (Å²) in [5, 5.41) is 8.66. The first-order chi connectivity index (χ1) is 10.6. The number of aromatic nitrogens is 3. The van der Waals surface area contributed by atoms with Crippen molar-refractivity contribution >= 4 is 28.8 Å². The summed E-state index contributed by atoms with van der Waals surface area (Å²) >= 11 is 7.53. The Bertz CT molecular complexity index is 811. The standard InChI is InChI=1S/C15H13ClN4OS/c1-10-17-7-14(22-10)8-18-15(21)11-6-19-20(9-11)13-4-2-3-12(16)5-13/h2-7,9H,8H2,1H3,(H,18,21). The van der Waals surface area contributed by atoms with Crippen LogP contribution in [0.2, 0.25) is 5.02 Å². The minimum Gasteiger partial charge on any atom is -0.347 e. The van der Waals surface area contributed by atoms with Crippen LogP contribution in [0.25, 0.3) is 5.69 Å². The third-order valence-corrected chi connectivity index (χ3v) is 4.16. The van der Waals surface area contributed by atoms with Crippen LogP contribution in [0, 0.1) is 6.92 Å². The van der Waals surface area contributed by atoms with Gasteiger partial charge in [0.1, 0.15) is 0 Å². The lowest BCUT2D eigenvalue weighted by Gasteiger charge is -2.02. The number of hydrogen-bond donors (Lipinski definition) is 1. The largest absolute Gasteiger partial charge is 0.347 e. The minimum absolute atomic E-state index is 0.167. The molecule has 2 heterocycles. The van der Waals surface area contributed by atoms with Gasteiger partial charge in [0.15, 0.2) is 0 Å². The number of halogens is 1. The maximum absolute atomic E-state index is 12.1. The molecule has 0 radical (unpaired) electrons. The van der Waals surface area contributed by atoms with Gasteiger partial charge in [-0.05, 0) is 25.1 Å². The van der Waals surface area contributed by atoms with Gasteiger partial charge in [0.05, 0.1) is 29.0 Å². The van der Waals surface area contributed by atoms with Crippen LogP contribution in [0.4, 0.5) is 0 Å². The smallest absolute Gasteiger partial charge is 0.254 e. The number of nitrogens with zero attached hydrogens (tertiary/aromatic N) is 3. The number of hydrogen-bond acceptors (Lipinski definition) is 4. The lowest BCUT2D eigenvalue weighted by Crippen LogP contribution is -2.21. The predicted molar refractivity (Wildman–Crippen MR) is 86.6 cm³/mol. The van der Waals surface area contributed by atoms with E-state index in [4.69, 9.17) is 11.6 Å². The summed E-state index contributed by atoms with van der Waals surface area (Å²) < 4.78 is 1.62. The summed E-state index contributed by atoms with van der Waals surface area (Å²) in [7, 11) is 0. The first kappa shape index (κ1) is 14.7. The SMILES string of the molecule is Cc1ncc(CNC(=O)c2cnn(-c3cccc(Cl)c3)c2)s1. The number of thiazole rings is 1. The minimum atomic E-state index is -0.167. The molecule has 0 aliphatic carbocycles. The van der Waals surface area contributed by atoms with Crippen molar-refractivity contribution in [2.75, 3.05) is 0 Å². The molecule has 0 atom stereocenters. The number of carbonyl (C=O) groups is 1. The molecule has 0 fully saturated rings. The molecular weight excluding hydrogens is 320 g/mol. The van der Waals surface area contributed by atoms with Crippen molar-refractivity contribution < 1.29 is 4.79 Å². The lowest BCUT2D eigenvalue weighted by molar-refractivity contribution is 0.0951. The molecule has 7 heteroatoms. The quantitative estimate of drug-likeness (QED) is 0.798. The van der Waals surface area contributed by atoms with Crippen molar-refractivity contribution in [2.45, 2.75) is 13.5 Å². The highest BCUT2D eigenvalue weighted by Gasteiger charge is 2.10. The Hall–Kier alpha value is -2.18. The molecule has 0 aliphatic rings. The summed E-state index contributed by atoms with van der Waals surface area (Å²) in [4.78, 5) is 17.3. The summed E-state index contributed by atoms with van der Waals surface area (Å²) in [6, 6.07) is 7.29. The molecule has 0 unspecified atom stereocenters. The number of amides is 1.